The summed E-state index contributed by atoms with van der Waals surface area (Å²) in [5.41, 5.74) is 3.25. The van der Waals surface area contributed by atoms with Gasteiger partial charge in [-0.25, -0.2) is 0 Å². The van der Waals surface area contributed by atoms with Crippen LogP contribution in [0.1, 0.15) is 62.0 Å². The van der Waals surface area contributed by atoms with Gasteiger partial charge in [0.05, 0.1) is 11.6 Å². The number of aromatic hydroxyl groups is 2. The lowest BCUT2D eigenvalue weighted by Gasteiger charge is -2.15. The number of allylic oxidation sites excluding steroid dienone is 4. The van der Waals surface area contributed by atoms with E-state index in [0.29, 0.717) is 23.8 Å². The van der Waals surface area contributed by atoms with E-state index in [1.807, 2.05) is 13.0 Å². The second kappa shape index (κ2) is 13.6. The smallest absolute Gasteiger partial charge is 0.255 e. The van der Waals surface area contributed by atoms with E-state index in [0.717, 1.165) is 18.4 Å². The molecule has 1 aromatic carbocycles. The van der Waals surface area contributed by atoms with Crippen LogP contribution in [0.2, 0.25) is 0 Å². The van der Waals surface area contributed by atoms with Gasteiger partial charge in [-0.2, -0.15) is 0 Å². The van der Waals surface area contributed by atoms with Crippen molar-refractivity contribution < 1.29 is 24.5 Å². The molecule has 3 N–H and O–H groups in total. The summed E-state index contributed by atoms with van der Waals surface area (Å²) in [5, 5.41) is 23.2. The Kier molecular flexibility index (Phi) is 12.3. The molecule has 29 heavy (non-hydrogen) atoms. The molecule has 6 heteroatoms. The number of phenolic OH excluding ortho intramolecular Hbond substituents is 2. The molecule has 0 fully saturated rings. The molecule has 1 amide bonds. The Morgan fingerprint density at radius 1 is 1.21 bits per heavy atom. The first-order valence-corrected chi connectivity index (χ1v) is 9.58. The van der Waals surface area contributed by atoms with Gasteiger partial charge in [-0.15, -0.1) is 0 Å². The number of hydrogen-bond donors (Lipinski definition) is 3. The Morgan fingerprint density at radius 2 is 1.79 bits per heavy atom. The van der Waals surface area contributed by atoms with Crippen LogP contribution in [0.25, 0.3) is 0 Å². The lowest BCUT2D eigenvalue weighted by atomic mass is 9.97. The molecule has 0 spiro atoms. The third kappa shape index (κ3) is 9.43. The molecule has 0 aliphatic carbocycles. The number of ether oxygens (including phenoxy) is 1. The quantitative estimate of drug-likeness (QED) is 0.444. The summed E-state index contributed by atoms with van der Waals surface area (Å²) in [6.07, 6.45) is 6.87. The maximum Gasteiger partial charge on any atom is 0.255 e. The Labute approximate surface area is 174 Å². The molecule has 0 bridgehead atoms. The predicted molar refractivity (Wildman–Crippen MR) is 117 cm³/mol. The summed E-state index contributed by atoms with van der Waals surface area (Å²) >= 11 is 0. The molecule has 0 aliphatic rings. The maximum atomic E-state index is 12.3. The van der Waals surface area contributed by atoms with Crippen molar-refractivity contribution in [3.8, 4) is 11.5 Å². The molecule has 1 atom stereocenters. The van der Waals surface area contributed by atoms with Crippen LogP contribution in [0, 0.1) is 6.92 Å². The minimum absolute atomic E-state index is 0.0478. The Morgan fingerprint density at radius 3 is 2.31 bits per heavy atom. The molecular formula is C23H35NO5. The number of aryl methyl sites for hydroxylation is 1. The fourth-order valence-electron chi connectivity index (χ4n) is 2.59. The van der Waals surface area contributed by atoms with E-state index in [1.165, 1.54) is 11.6 Å². The normalized spacial score (nSPS) is 11.8. The maximum absolute atomic E-state index is 12.3. The van der Waals surface area contributed by atoms with Crippen molar-refractivity contribution in [1.82, 2.24) is 5.32 Å². The Balaban J connectivity index is 0.00000245. The van der Waals surface area contributed by atoms with Gasteiger partial charge in [0.1, 0.15) is 17.8 Å². The van der Waals surface area contributed by atoms with Gasteiger partial charge >= 0.3 is 0 Å². The minimum atomic E-state index is -0.657. The SMILES string of the molecule is CC(C)=CCC/C(C)=C/Cc1c(O)cc(C)c(C(=O)NC(C)C=O)c1O.COC. The van der Waals surface area contributed by atoms with Gasteiger partial charge in [-0.3, -0.25) is 4.79 Å². The lowest BCUT2D eigenvalue weighted by molar-refractivity contribution is -0.109. The summed E-state index contributed by atoms with van der Waals surface area (Å²) in [6.45, 7) is 9.29. The van der Waals surface area contributed by atoms with Gasteiger partial charge in [-0.05, 0) is 65.5 Å². The highest BCUT2D eigenvalue weighted by Crippen LogP contribution is 2.34. The molecule has 1 rings (SSSR count). The van der Waals surface area contributed by atoms with Crippen molar-refractivity contribution in [2.75, 3.05) is 14.2 Å². The third-order valence-corrected chi connectivity index (χ3v) is 4.12. The van der Waals surface area contributed by atoms with Gasteiger partial charge in [0.25, 0.3) is 5.91 Å². The Bertz CT molecular complexity index is 746. The van der Waals surface area contributed by atoms with E-state index in [9.17, 15) is 19.8 Å². The molecule has 0 heterocycles. The number of rotatable bonds is 8. The largest absolute Gasteiger partial charge is 0.508 e. The number of benzene rings is 1. The van der Waals surface area contributed by atoms with Crippen LogP contribution >= 0.6 is 0 Å². The van der Waals surface area contributed by atoms with E-state index in [2.05, 4.69) is 30.0 Å². The standard InChI is InChI=1S/C21H29NO4.C2H6O/c1-13(2)7-6-8-14(3)9-10-17-18(24)11-15(4)19(20(17)25)21(26)22-16(5)12-23;1-3-2/h7,9,11-12,16,24-25H,6,8,10H2,1-5H3,(H,22,26);1-2H3/b14-9+;. The number of nitrogens with one attached hydrogen (secondary N) is 1. The predicted octanol–water partition coefficient (Wildman–Crippen LogP) is 4.22. The molecule has 0 radical (unpaired) electrons. The molecule has 0 aliphatic heterocycles. The van der Waals surface area contributed by atoms with Crippen LogP contribution in [-0.2, 0) is 16.0 Å². The second-order valence-corrected chi connectivity index (χ2v) is 7.30. The number of carbonyl (C=O) groups excluding carboxylic acids is 2. The van der Waals surface area contributed by atoms with Crippen molar-refractivity contribution >= 4 is 12.2 Å². The van der Waals surface area contributed by atoms with E-state index < -0.39 is 11.9 Å². The average Bonchev–Trinajstić information content (AvgIpc) is 2.61. The second-order valence-electron chi connectivity index (χ2n) is 7.30. The minimum Gasteiger partial charge on any atom is -0.508 e. The first kappa shape index (κ1) is 26.4. The summed E-state index contributed by atoms with van der Waals surface area (Å²) < 4.78 is 4.25. The zero-order valence-corrected chi connectivity index (χ0v) is 18.6. The molecule has 162 valence electrons. The van der Waals surface area contributed by atoms with Gasteiger partial charge in [0, 0.05) is 19.8 Å². The summed E-state index contributed by atoms with van der Waals surface area (Å²) in [7, 11) is 3.25. The topological polar surface area (TPSA) is 95.9 Å². The fraction of sp³-hybridized carbons (Fsp3) is 0.478. The lowest BCUT2D eigenvalue weighted by Crippen LogP contribution is -2.34. The van der Waals surface area contributed by atoms with E-state index in [4.69, 9.17) is 0 Å². The van der Waals surface area contributed by atoms with Gasteiger partial charge in [-0.1, -0.05) is 23.3 Å². The third-order valence-electron chi connectivity index (χ3n) is 4.12. The molecule has 6 nitrogen and oxygen atoms in total. The highest BCUT2D eigenvalue weighted by Gasteiger charge is 2.21. The average molecular weight is 406 g/mol. The molecular weight excluding hydrogens is 370 g/mol. The zero-order valence-electron chi connectivity index (χ0n) is 18.6. The van der Waals surface area contributed by atoms with E-state index >= 15 is 0 Å². The van der Waals surface area contributed by atoms with Gasteiger partial charge in [0.2, 0.25) is 0 Å². The number of phenols is 2. The number of carbonyl (C=O) groups is 2. The number of methoxy groups -OCH3 is 1. The zero-order chi connectivity index (χ0) is 22.6. The summed E-state index contributed by atoms with van der Waals surface area (Å²) in [4.78, 5) is 23.1. The van der Waals surface area contributed by atoms with Crippen LogP contribution < -0.4 is 5.32 Å². The van der Waals surface area contributed by atoms with Crippen molar-refractivity contribution in [1.29, 1.82) is 0 Å². The van der Waals surface area contributed by atoms with Crippen molar-refractivity contribution in [2.45, 2.75) is 59.9 Å². The van der Waals surface area contributed by atoms with Crippen molar-refractivity contribution in [2.24, 2.45) is 0 Å². The van der Waals surface area contributed by atoms with Crippen LogP contribution in [-0.4, -0.2) is 42.7 Å². The van der Waals surface area contributed by atoms with Gasteiger partial charge < -0.3 is 25.1 Å². The van der Waals surface area contributed by atoms with Crippen molar-refractivity contribution in [3.05, 3.63) is 46.1 Å². The Hall–Kier alpha value is -2.60. The fourth-order valence-corrected chi connectivity index (χ4v) is 2.59. The van der Waals surface area contributed by atoms with E-state index in [-0.39, 0.29) is 17.1 Å². The molecule has 0 saturated heterocycles. The summed E-state index contributed by atoms with van der Waals surface area (Å²) in [6, 6.07) is 0.804. The van der Waals surface area contributed by atoms with Crippen LogP contribution in [0.4, 0.5) is 0 Å². The molecule has 0 aromatic heterocycles. The molecule has 1 aromatic rings. The van der Waals surface area contributed by atoms with Crippen molar-refractivity contribution in [3.63, 3.8) is 0 Å². The highest BCUT2D eigenvalue weighted by atomic mass is 16.4. The number of aldehydes is 1. The summed E-state index contributed by atoms with van der Waals surface area (Å²) in [5.74, 6) is -0.829. The van der Waals surface area contributed by atoms with Crippen LogP contribution in [0.15, 0.2) is 29.4 Å². The number of amides is 1. The first-order valence-electron chi connectivity index (χ1n) is 9.58. The highest BCUT2D eigenvalue weighted by molar-refractivity contribution is 6.00. The number of hydrogen-bond acceptors (Lipinski definition) is 5. The molecule has 1 unspecified atom stereocenters. The van der Waals surface area contributed by atoms with Crippen LogP contribution in [0.3, 0.4) is 0 Å². The monoisotopic (exact) mass is 405 g/mol. The van der Waals surface area contributed by atoms with Gasteiger partial charge in [0.15, 0.2) is 0 Å². The van der Waals surface area contributed by atoms with Crippen LogP contribution in [0.5, 0.6) is 11.5 Å². The first-order chi connectivity index (χ1) is 13.6. The molecule has 0 saturated carbocycles. The van der Waals surface area contributed by atoms with E-state index in [1.54, 1.807) is 28.1 Å².